The van der Waals surface area contributed by atoms with Crippen LogP contribution in [0.4, 0.5) is 0 Å². The van der Waals surface area contributed by atoms with Crippen LogP contribution in [0.25, 0.3) is 0 Å². The second-order valence-corrected chi connectivity index (χ2v) is 9.29. The van der Waals surface area contributed by atoms with Gasteiger partial charge in [-0.15, -0.1) is 5.10 Å². The molecular formula is C14H24N4O3S2. The first-order valence-electron chi connectivity index (χ1n) is 8.09. The van der Waals surface area contributed by atoms with Gasteiger partial charge in [0.15, 0.2) is 9.84 Å². The number of rotatable bonds is 4. The minimum absolute atomic E-state index is 0.198. The molecule has 2 saturated heterocycles. The van der Waals surface area contributed by atoms with E-state index >= 15 is 0 Å². The summed E-state index contributed by atoms with van der Waals surface area (Å²) in [6, 6.07) is 0.198. The van der Waals surface area contributed by atoms with Gasteiger partial charge >= 0.3 is 0 Å². The Kier molecular flexibility index (Phi) is 4.91. The maximum absolute atomic E-state index is 11.6. The number of piperazine rings is 1. The van der Waals surface area contributed by atoms with Crippen LogP contribution < -0.4 is 0 Å². The molecule has 23 heavy (non-hydrogen) atoms. The van der Waals surface area contributed by atoms with E-state index in [-0.39, 0.29) is 12.0 Å². The van der Waals surface area contributed by atoms with Gasteiger partial charge < -0.3 is 4.42 Å². The van der Waals surface area contributed by atoms with E-state index in [1.807, 2.05) is 13.8 Å². The molecule has 9 heteroatoms. The molecule has 0 aromatic carbocycles. The van der Waals surface area contributed by atoms with E-state index in [4.69, 9.17) is 16.6 Å². The molecule has 1 aromatic rings. The monoisotopic (exact) mass is 360 g/mol. The quantitative estimate of drug-likeness (QED) is 0.744. The highest BCUT2D eigenvalue weighted by Gasteiger charge is 2.33. The SMILES string of the molecule is CC(C)c1nn(CN2CCN(C3CCS(=O)(=O)C3)CC2)c(=S)o1. The van der Waals surface area contributed by atoms with Gasteiger partial charge in [-0.05, 0) is 18.6 Å². The number of hydrogen-bond donors (Lipinski definition) is 0. The Morgan fingerprint density at radius 3 is 2.52 bits per heavy atom. The fraction of sp³-hybridized carbons (Fsp3) is 0.857. The van der Waals surface area contributed by atoms with Crippen molar-refractivity contribution in [2.75, 3.05) is 37.7 Å². The van der Waals surface area contributed by atoms with Gasteiger partial charge in [0.2, 0.25) is 5.89 Å². The summed E-state index contributed by atoms with van der Waals surface area (Å²) in [5, 5.41) is 4.43. The number of sulfone groups is 1. The number of hydrogen-bond acceptors (Lipinski definition) is 7. The van der Waals surface area contributed by atoms with Crippen molar-refractivity contribution in [2.45, 2.75) is 38.9 Å². The highest BCUT2D eigenvalue weighted by atomic mass is 32.2. The summed E-state index contributed by atoms with van der Waals surface area (Å²) in [7, 11) is -2.81. The maximum atomic E-state index is 11.6. The average molecular weight is 361 g/mol. The van der Waals surface area contributed by atoms with E-state index in [9.17, 15) is 8.42 Å². The topological polar surface area (TPSA) is 71.6 Å². The van der Waals surface area contributed by atoms with Crippen LogP contribution in [0.15, 0.2) is 4.42 Å². The largest absolute Gasteiger partial charge is 0.414 e. The highest BCUT2D eigenvalue weighted by molar-refractivity contribution is 7.91. The lowest BCUT2D eigenvalue weighted by Gasteiger charge is -2.37. The van der Waals surface area contributed by atoms with Crippen molar-refractivity contribution in [1.29, 1.82) is 0 Å². The van der Waals surface area contributed by atoms with Crippen molar-refractivity contribution < 1.29 is 12.8 Å². The van der Waals surface area contributed by atoms with Crippen LogP contribution in [0.2, 0.25) is 0 Å². The summed E-state index contributed by atoms with van der Waals surface area (Å²) < 4.78 is 30.5. The number of aromatic nitrogens is 2. The van der Waals surface area contributed by atoms with Crippen LogP contribution in [0, 0.1) is 4.84 Å². The summed E-state index contributed by atoms with van der Waals surface area (Å²) in [5.74, 6) is 1.55. The van der Waals surface area contributed by atoms with Gasteiger partial charge in [-0.3, -0.25) is 9.80 Å². The summed E-state index contributed by atoms with van der Waals surface area (Å²) in [4.78, 5) is 5.00. The molecule has 1 aromatic heterocycles. The Morgan fingerprint density at radius 2 is 2.00 bits per heavy atom. The van der Waals surface area contributed by atoms with Gasteiger partial charge in [0.05, 0.1) is 18.2 Å². The van der Waals surface area contributed by atoms with E-state index in [0.29, 0.717) is 28.9 Å². The number of nitrogens with zero attached hydrogens (tertiary/aromatic N) is 4. The maximum Gasteiger partial charge on any atom is 0.288 e. The molecule has 3 rings (SSSR count). The third kappa shape index (κ3) is 4.01. The van der Waals surface area contributed by atoms with Crippen molar-refractivity contribution >= 4 is 22.1 Å². The Bertz CT molecular complexity index is 702. The van der Waals surface area contributed by atoms with E-state index < -0.39 is 9.84 Å². The van der Waals surface area contributed by atoms with Crippen molar-refractivity contribution in [3.63, 3.8) is 0 Å². The molecule has 0 aliphatic carbocycles. The predicted octanol–water partition coefficient (Wildman–Crippen LogP) is 1.09. The van der Waals surface area contributed by atoms with Gasteiger partial charge in [0.25, 0.3) is 4.84 Å². The van der Waals surface area contributed by atoms with Crippen LogP contribution in [0.5, 0.6) is 0 Å². The minimum Gasteiger partial charge on any atom is -0.414 e. The summed E-state index contributed by atoms with van der Waals surface area (Å²) in [5.41, 5.74) is 0. The Morgan fingerprint density at radius 1 is 1.30 bits per heavy atom. The summed E-state index contributed by atoms with van der Waals surface area (Å²) in [6.07, 6.45) is 0.772. The molecule has 0 bridgehead atoms. The lowest BCUT2D eigenvalue weighted by atomic mass is 10.2. The molecule has 3 heterocycles. The normalized spacial score (nSPS) is 26.1. The van der Waals surface area contributed by atoms with E-state index in [2.05, 4.69) is 14.9 Å². The first-order chi connectivity index (χ1) is 10.8. The molecule has 130 valence electrons. The van der Waals surface area contributed by atoms with Gasteiger partial charge in [0, 0.05) is 38.1 Å². The second kappa shape index (κ2) is 6.62. The molecule has 1 atom stereocenters. The van der Waals surface area contributed by atoms with Crippen LogP contribution in [-0.4, -0.2) is 71.7 Å². The third-order valence-electron chi connectivity index (χ3n) is 4.58. The molecule has 0 amide bonds. The molecule has 0 N–H and O–H groups in total. The van der Waals surface area contributed by atoms with Crippen LogP contribution in [-0.2, 0) is 16.5 Å². The van der Waals surface area contributed by atoms with Crippen LogP contribution in [0.1, 0.15) is 32.1 Å². The first-order valence-corrected chi connectivity index (χ1v) is 10.3. The molecule has 1 unspecified atom stereocenters. The predicted molar refractivity (Wildman–Crippen MR) is 89.6 cm³/mol. The van der Waals surface area contributed by atoms with Crippen LogP contribution in [0.3, 0.4) is 0 Å². The third-order valence-corrected chi connectivity index (χ3v) is 6.63. The molecule has 2 fully saturated rings. The van der Waals surface area contributed by atoms with E-state index in [1.165, 1.54) is 0 Å². The molecular weight excluding hydrogens is 336 g/mol. The minimum atomic E-state index is -2.81. The lowest BCUT2D eigenvalue weighted by molar-refractivity contribution is 0.0802. The smallest absolute Gasteiger partial charge is 0.288 e. The molecule has 7 nitrogen and oxygen atoms in total. The second-order valence-electron chi connectivity index (χ2n) is 6.71. The molecule has 0 spiro atoms. The van der Waals surface area contributed by atoms with E-state index in [0.717, 1.165) is 32.6 Å². The Labute approximate surface area is 142 Å². The van der Waals surface area contributed by atoms with E-state index in [1.54, 1.807) is 4.68 Å². The molecule has 2 aliphatic rings. The standard InChI is InChI=1S/C14H24N4O3S2/c1-11(2)13-15-18(14(22)21-13)10-16-4-6-17(7-5-16)12-3-8-23(19,20)9-12/h11-12H,3-10H2,1-2H3. The first kappa shape index (κ1) is 17.1. The fourth-order valence-electron chi connectivity index (χ4n) is 3.17. The fourth-order valence-corrected chi connectivity index (χ4v) is 5.11. The van der Waals surface area contributed by atoms with Crippen LogP contribution >= 0.6 is 12.2 Å². The molecule has 2 aliphatic heterocycles. The van der Waals surface area contributed by atoms with Crippen molar-refractivity contribution in [1.82, 2.24) is 19.6 Å². The molecule has 0 radical (unpaired) electrons. The zero-order chi connectivity index (χ0) is 16.6. The lowest BCUT2D eigenvalue weighted by Crippen LogP contribution is -2.50. The Balaban J connectivity index is 1.54. The highest BCUT2D eigenvalue weighted by Crippen LogP contribution is 2.19. The van der Waals surface area contributed by atoms with Gasteiger partial charge in [-0.1, -0.05) is 13.8 Å². The summed E-state index contributed by atoms with van der Waals surface area (Å²) >= 11 is 5.23. The van der Waals surface area contributed by atoms with Crippen molar-refractivity contribution in [3.05, 3.63) is 10.7 Å². The zero-order valence-corrected chi connectivity index (χ0v) is 15.3. The molecule has 0 saturated carbocycles. The summed E-state index contributed by atoms with van der Waals surface area (Å²) in [6.45, 7) is 8.25. The zero-order valence-electron chi connectivity index (χ0n) is 13.6. The average Bonchev–Trinajstić information content (AvgIpc) is 3.03. The van der Waals surface area contributed by atoms with Gasteiger partial charge in [0.1, 0.15) is 0 Å². The van der Waals surface area contributed by atoms with Crippen molar-refractivity contribution in [3.8, 4) is 0 Å². The Hall–Kier alpha value is -0.770. The van der Waals surface area contributed by atoms with Gasteiger partial charge in [-0.25, -0.2) is 13.1 Å². The van der Waals surface area contributed by atoms with Gasteiger partial charge in [-0.2, -0.15) is 0 Å². The van der Waals surface area contributed by atoms with Crippen molar-refractivity contribution in [2.24, 2.45) is 0 Å².